The monoisotopic (exact) mass is 386 g/mol. The van der Waals surface area contributed by atoms with Gasteiger partial charge in [-0.05, 0) is 25.1 Å². The molecule has 0 fully saturated rings. The van der Waals surface area contributed by atoms with E-state index >= 15 is 0 Å². The van der Waals surface area contributed by atoms with E-state index in [9.17, 15) is 15.2 Å². The van der Waals surface area contributed by atoms with Gasteiger partial charge < -0.3 is 9.84 Å². The molecular formula is C18H18N4O4S. The summed E-state index contributed by atoms with van der Waals surface area (Å²) in [6.45, 7) is 1.89. The SMILES string of the molecule is Cc1nnc(SCC(O)COc2cccc([N+](=O)[O-])c2)n1-c1ccccc1. The second-order valence-electron chi connectivity index (χ2n) is 5.73. The normalized spacial score (nSPS) is 11.9. The predicted molar refractivity (Wildman–Crippen MR) is 101 cm³/mol. The van der Waals surface area contributed by atoms with Crippen LogP contribution in [0.25, 0.3) is 5.69 Å². The van der Waals surface area contributed by atoms with Gasteiger partial charge in [0.05, 0.1) is 17.1 Å². The molecule has 0 bridgehead atoms. The number of aliphatic hydroxyl groups is 1. The lowest BCUT2D eigenvalue weighted by Crippen LogP contribution is -2.20. The maximum atomic E-state index is 10.8. The molecule has 2 aromatic carbocycles. The van der Waals surface area contributed by atoms with Crippen molar-refractivity contribution in [1.82, 2.24) is 14.8 Å². The molecule has 140 valence electrons. The third kappa shape index (κ3) is 4.83. The molecule has 9 heteroatoms. The highest BCUT2D eigenvalue weighted by molar-refractivity contribution is 7.99. The van der Waals surface area contributed by atoms with Gasteiger partial charge in [0, 0.05) is 17.5 Å². The third-order valence-corrected chi connectivity index (χ3v) is 4.76. The number of hydrogen-bond acceptors (Lipinski definition) is 7. The Morgan fingerprint density at radius 1 is 1.22 bits per heavy atom. The quantitative estimate of drug-likeness (QED) is 0.360. The summed E-state index contributed by atoms with van der Waals surface area (Å²) in [5.41, 5.74) is 0.896. The van der Waals surface area contributed by atoms with Crippen molar-refractivity contribution in [3.05, 3.63) is 70.5 Å². The van der Waals surface area contributed by atoms with E-state index in [-0.39, 0.29) is 12.3 Å². The first-order chi connectivity index (χ1) is 13.0. The Balaban J connectivity index is 1.58. The van der Waals surface area contributed by atoms with Gasteiger partial charge in [-0.3, -0.25) is 14.7 Å². The number of nitro groups is 1. The highest BCUT2D eigenvalue weighted by Crippen LogP contribution is 2.23. The van der Waals surface area contributed by atoms with Crippen LogP contribution in [0.3, 0.4) is 0 Å². The maximum absolute atomic E-state index is 10.8. The molecule has 3 rings (SSSR count). The van der Waals surface area contributed by atoms with Crippen LogP contribution >= 0.6 is 11.8 Å². The van der Waals surface area contributed by atoms with Crippen LogP contribution in [0.1, 0.15) is 5.82 Å². The average molecular weight is 386 g/mol. The van der Waals surface area contributed by atoms with Gasteiger partial charge in [0.15, 0.2) is 5.16 Å². The zero-order valence-corrected chi connectivity index (χ0v) is 15.4. The number of hydrogen-bond donors (Lipinski definition) is 1. The number of nitro benzene ring substituents is 1. The van der Waals surface area contributed by atoms with Gasteiger partial charge >= 0.3 is 0 Å². The Labute approximate surface area is 160 Å². The molecule has 1 heterocycles. The Hall–Kier alpha value is -2.91. The van der Waals surface area contributed by atoms with Gasteiger partial charge in [0.1, 0.15) is 18.2 Å². The summed E-state index contributed by atoms with van der Waals surface area (Å²) >= 11 is 1.37. The molecule has 8 nitrogen and oxygen atoms in total. The fraction of sp³-hybridized carbons (Fsp3) is 0.222. The molecule has 0 aliphatic heterocycles. The van der Waals surface area contributed by atoms with Gasteiger partial charge in [-0.1, -0.05) is 36.0 Å². The Morgan fingerprint density at radius 2 is 2.00 bits per heavy atom. The standard InChI is InChI=1S/C18H18N4O4S/c1-13-19-20-18(21(13)14-6-3-2-4-7-14)27-12-16(23)11-26-17-9-5-8-15(10-17)22(24)25/h2-10,16,23H,11-12H2,1H3. The smallest absolute Gasteiger partial charge is 0.273 e. The first kappa shape index (κ1) is 18.9. The minimum absolute atomic E-state index is 0.0205. The Bertz CT molecular complexity index is 917. The van der Waals surface area contributed by atoms with Crippen molar-refractivity contribution in [3.8, 4) is 11.4 Å². The second kappa shape index (κ2) is 8.65. The second-order valence-corrected chi connectivity index (χ2v) is 6.72. The van der Waals surface area contributed by atoms with Crippen LogP contribution in [0.15, 0.2) is 59.8 Å². The molecule has 1 aromatic heterocycles. The van der Waals surface area contributed by atoms with Crippen molar-refractivity contribution in [1.29, 1.82) is 0 Å². The van der Waals surface area contributed by atoms with Crippen molar-refractivity contribution in [2.24, 2.45) is 0 Å². The number of aryl methyl sites for hydroxylation is 1. The lowest BCUT2D eigenvalue weighted by Gasteiger charge is -2.12. The molecular weight excluding hydrogens is 368 g/mol. The van der Waals surface area contributed by atoms with Crippen LogP contribution in [0.5, 0.6) is 5.75 Å². The lowest BCUT2D eigenvalue weighted by atomic mass is 10.3. The van der Waals surface area contributed by atoms with Crippen LogP contribution in [-0.2, 0) is 0 Å². The third-order valence-electron chi connectivity index (χ3n) is 3.69. The zero-order valence-electron chi connectivity index (χ0n) is 14.6. The van der Waals surface area contributed by atoms with E-state index in [1.807, 2.05) is 41.8 Å². The highest BCUT2D eigenvalue weighted by atomic mass is 32.2. The van der Waals surface area contributed by atoms with Crippen molar-refractivity contribution in [2.45, 2.75) is 18.2 Å². The van der Waals surface area contributed by atoms with Crippen molar-refractivity contribution < 1.29 is 14.8 Å². The summed E-state index contributed by atoms with van der Waals surface area (Å²) in [6, 6.07) is 15.6. The number of rotatable bonds is 8. The maximum Gasteiger partial charge on any atom is 0.273 e. The largest absolute Gasteiger partial charge is 0.491 e. The predicted octanol–water partition coefficient (Wildman–Crippen LogP) is 3.02. The Morgan fingerprint density at radius 3 is 2.74 bits per heavy atom. The number of aromatic nitrogens is 3. The number of para-hydroxylation sites is 1. The molecule has 0 aliphatic carbocycles. The van der Waals surface area contributed by atoms with E-state index in [1.165, 1.54) is 23.9 Å². The molecule has 0 aliphatic rings. The highest BCUT2D eigenvalue weighted by Gasteiger charge is 2.14. The van der Waals surface area contributed by atoms with E-state index in [1.54, 1.807) is 12.1 Å². The van der Waals surface area contributed by atoms with Gasteiger partial charge in [-0.25, -0.2) is 0 Å². The van der Waals surface area contributed by atoms with Crippen molar-refractivity contribution >= 4 is 17.4 Å². The van der Waals surface area contributed by atoms with E-state index in [2.05, 4.69) is 10.2 Å². The summed E-state index contributed by atoms with van der Waals surface area (Å²) in [5, 5.41) is 29.9. The molecule has 1 N–H and O–H groups in total. The summed E-state index contributed by atoms with van der Waals surface area (Å²) < 4.78 is 7.37. The minimum atomic E-state index is -0.768. The zero-order chi connectivity index (χ0) is 19.2. The Kier molecular flexibility index (Phi) is 6.05. The average Bonchev–Trinajstić information content (AvgIpc) is 3.06. The fourth-order valence-corrected chi connectivity index (χ4v) is 3.31. The number of aliphatic hydroxyl groups excluding tert-OH is 1. The molecule has 27 heavy (non-hydrogen) atoms. The topological polar surface area (TPSA) is 103 Å². The van der Waals surface area contributed by atoms with Crippen molar-refractivity contribution in [2.75, 3.05) is 12.4 Å². The fourth-order valence-electron chi connectivity index (χ4n) is 2.41. The first-order valence-electron chi connectivity index (χ1n) is 8.20. The van der Waals surface area contributed by atoms with Crippen LogP contribution in [0, 0.1) is 17.0 Å². The van der Waals surface area contributed by atoms with Crippen LogP contribution in [-0.4, -0.2) is 43.3 Å². The summed E-state index contributed by atoms with van der Waals surface area (Å²) in [7, 11) is 0. The van der Waals surface area contributed by atoms with Crippen LogP contribution in [0.4, 0.5) is 5.69 Å². The number of non-ortho nitro benzene ring substituents is 1. The molecule has 1 unspecified atom stereocenters. The molecule has 3 aromatic rings. The molecule has 0 saturated heterocycles. The van der Waals surface area contributed by atoms with Crippen LogP contribution < -0.4 is 4.74 Å². The summed E-state index contributed by atoms with van der Waals surface area (Å²) in [4.78, 5) is 10.3. The summed E-state index contributed by atoms with van der Waals surface area (Å²) in [6.07, 6.45) is -0.768. The van der Waals surface area contributed by atoms with E-state index < -0.39 is 11.0 Å². The van der Waals surface area contributed by atoms with Gasteiger partial charge in [-0.15, -0.1) is 10.2 Å². The molecule has 0 saturated carbocycles. The molecule has 0 spiro atoms. The molecule has 0 amide bonds. The lowest BCUT2D eigenvalue weighted by molar-refractivity contribution is -0.384. The number of benzene rings is 2. The van der Waals surface area contributed by atoms with Gasteiger partial charge in [-0.2, -0.15) is 0 Å². The van der Waals surface area contributed by atoms with Gasteiger partial charge in [0.25, 0.3) is 5.69 Å². The number of ether oxygens (including phenoxy) is 1. The minimum Gasteiger partial charge on any atom is -0.491 e. The van der Waals surface area contributed by atoms with E-state index in [0.717, 1.165) is 11.5 Å². The van der Waals surface area contributed by atoms with Gasteiger partial charge in [0.2, 0.25) is 0 Å². The van der Waals surface area contributed by atoms with Crippen molar-refractivity contribution in [3.63, 3.8) is 0 Å². The van der Waals surface area contributed by atoms with Crippen LogP contribution in [0.2, 0.25) is 0 Å². The summed E-state index contributed by atoms with van der Waals surface area (Å²) in [5.74, 6) is 1.45. The van der Waals surface area contributed by atoms with E-state index in [4.69, 9.17) is 4.74 Å². The molecule has 0 radical (unpaired) electrons. The number of thioether (sulfide) groups is 1. The molecule has 1 atom stereocenters. The number of nitrogens with zero attached hydrogens (tertiary/aromatic N) is 4. The first-order valence-corrected chi connectivity index (χ1v) is 9.18. The van der Waals surface area contributed by atoms with E-state index in [0.29, 0.717) is 16.7 Å².